The smallest absolute Gasteiger partial charge is 0.169 e. The Labute approximate surface area is 105 Å². The molecule has 1 fully saturated rings. The first-order chi connectivity index (χ1) is 8.63. The van der Waals surface area contributed by atoms with E-state index in [2.05, 4.69) is 0 Å². The Balaban J connectivity index is 2.33. The number of methoxy groups -OCH3 is 1. The summed E-state index contributed by atoms with van der Waals surface area (Å²) in [6.45, 7) is 0. The van der Waals surface area contributed by atoms with E-state index in [9.17, 15) is 13.6 Å². The van der Waals surface area contributed by atoms with Gasteiger partial charge in [0.15, 0.2) is 17.3 Å². The number of carbonyl (C=O) groups excluding carboxylic acids is 1. The monoisotopic (exact) mass is 254 g/mol. The summed E-state index contributed by atoms with van der Waals surface area (Å²) in [6.07, 6.45) is 4.70. The number of hydrogen-bond acceptors (Lipinski definition) is 2. The van der Waals surface area contributed by atoms with Crippen molar-refractivity contribution in [2.75, 3.05) is 7.11 Å². The maximum absolute atomic E-state index is 13.5. The molecule has 0 aliphatic heterocycles. The molecule has 0 amide bonds. The molecule has 1 aromatic rings. The minimum Gasteiger partial charge on any atom is -0.493 e. The van der Waals surface area contributed by atoms with Crippen molar-refractivity contribution in [1.82, 2.24) is 0 Å². The van der Waals surface area contributed by atoms with Crippen molar-refractivity contribution in [3.05, 3.63) is 29.3 Å². The number of halogens is 2. The quantitative estimate of drug-likeness (QED) is 0.768. The van der Waals surface area contributed by atoms with Crippen molar-refractivity contribution in [2.45, 2.75) is 32.1 Å². The van der Waals surface area contributed by atoms with Gasteiger partial charge in [0.2, 0.25) is 0 Å². The lowest BCUT2D eigenvalue weighted by molar-refractivity contribution is 0.0885. The third kappa shape index (κ3) is 2.52. The summed E-state index contributed by atoms with van der Waals surface area (Å²) in [6, 6.07) is 1.80. The first-order valence-corrected chi connectivity index (χ1v) is 6.20. The number of rotatable bonds is 3. The van der Waals surface area contributed by atoms with Gasteiger partial charge in [-0.3, -0.25) is 4.79 Å². The summed E-state index contributed by atoms with van der Waals surface area (Å²) in [7, 11) is 1.29. The van der Waals surface area contributed by atoms with Gasteiger partial charge >= 0.3 is 0 Å². The highest BCUT2D eigenvalue weighted by atomic mass is 19.1. The predicted octanol–water partition coefficient (Wildman–Crippen LogP) is 3.74. The molecule has 0 spiro atoms. The molecule has 0 radical (unpaired) electrons. The van der Waals surface area contributed by atoms with E-state index in [1.165, 1.54) is 7.11 Å². The minimum absolute atomic E-state index is 0.0295. The van der Waals surface area contributed by atoms with Crippen molar-refractivity contribution < 1.29 is 18.3 Å². The van der Waals surface area contributed by atoms with Gasteiger partial charge in [-0.25, -0.2) is 8.78 Å². The molecule has 2 nitrogen and oxygen atoms in total. The second-order valence-corrected chi connectivity index (χ2v) is 4.67. The Morgan fingerprint density at radius 3 is 2.50 bits per heavy atom. The van der Waals surface area contributed by atoms with Gasteiger partial charge in [0.1, 0.15) is 5.82 Å². The predicted molar refractivity (Wildman–Crippen MR) is 63.8 cm³/mol. The zero-order chi connectivity index (χ0) is 13.1. The molecular weight excluding hydrogens is 238 g/mol. The van der Waals surface area contributed by atoms with E-state index in [-0.39, 0.29) is 23.0 Å². The normalized spacial score (nSPS) is 16.6. The molecule has 18 heavy (non-hydrogen) atoms. The highest BCUT2D eigenvalue weighted by Crippen LogP contribution is 2.32. The number of Topliss-reactive ketones (excluding diaryl/α,β-unsaturated/α-hetero) is 1. The molecular formula is C14H16F2O2. The zero-order valence-electron chi connectivity index (χ0n) is 10.3. The van der Waals surface area contributed by atoms with Crippen LogP contribution in [0.5, 0.6) is 5.75 Å². The highest BCUT2D eigenvalue weighted by Gasteiger charge is 2.26. The van der Waals surface area contributed by atoms with Crippen LogP contribution in [0.15, 0.2) is 12.1 Å². The van der Waals surface area contributed by atoms with E-state index in [4.69, 9.17) is 4.74 Å². The maximum Gasteiger partial charge on any atom is 0.169 e. The molecule has 0 unspecified atom stereocenters. The molecule has 98 valence electrons. The lowest BCUT2D eigenvalue weighted by Crippen LogP contribution is -2.19. The Morgan fingerprint density at radius 2 is 1.89 bits per heavy atom. The fourth-order valence-corrected chi connectivity index (χ4v) is 2.54. The molecule has 1 saturated carbocycles. The topological polar surface area (TPSA) is 26.3 Å². The van der Waals surface area contributed by atoms with Gasteiger partial charge in [-0.2, -0.15) is 0 Å². The first kappa shape index (κ1) is 13.0. The highest BCUT2D eigenvalue weighted by molar-refractivity contribution is 6.00. The van der Waals surface area contributed by atoms with E-state index in [0.29, 0.717) is 0 Å². The van der Waals surface area contributed by atoms with Crippen molar-refractivity contribution >= 4 is 5.78 Å². The minimum atomic E-state index is -0.823. The van der Waals surface area contributed by atoms with Crippen LogP contribution in [0.1, 0.15) is 42.5 Å². The number of benzene rings is 1. The van der Waals surface area contributed by atoms with Crippen LogP contribution in [0.3, 0.4) is 0 Å². The van der Waals surface area contributed by atoms with Gasteiger partial charge in [0.25, 0.3) is 0 Å². The molecule has 2 rings (SSSR count). The van der Waals surface area contributed by atoms with Crippen LogP contribution in [-0.4, -0.2) is 12.9 Å². The first-order valence-electron chi connectivity index (χ1n) is 6.20. The van der Waals surface area contributed by atoms with Crippen molar-refractivity contribution in [3.63, 3.8) is 0 Å². The van der Waals surface area contributed by atoms with Crippen LogP contribution in [0.4, 0.5) is 8.78 Å². The molecule has 0 heterocycles. The Bertz CT molecular complexity index is 451. The lowest BCUT2D eigenvalue weighted by atomic mass is 9.83. The summed E-state index contributed by atoms with van der Waals surface area (Å²) in [5.41, 5.74) is 0.0295. The molecule has 0 N–H and O–H groups in total. The van der Waals surface area contributed by atoms with Crippen molar-refractivity contribution in [3.8, 4) is 5.75 Å². The fourth-order valence-electron chi connectivity index (χ4n) is 2.54. The molecule has 1 aromatic carbocycles. The summed E-state index contributed by atoms with van der Waals surface area (Å²) in [5, 5.41) is 0. The van der Waals surface area contributed by atoms with E-state index in [1.807, 2.05) is 0 Å². The maximum atomic E-state index is 13.5. The molecule has 0 saturated heterocycles. The summed E-state index contributed by atoms with van der Waals surface area (Å²) >= 11 is 0. The van der Waals surface area contributed by atoms with Crippen LogP contribution in [0.2, 0.25) is 0 Å². The van der Waals surface area contributed by atoms with E-state index in [1.54, 1.807) is 0 Å². The van der Waals surface area contributed by atoms with E-state index >= 15 is 0 Å². The Hall–Kier alpha value is -1.45. The van der Waals surface area contributed by atoms with Gasteiger partial charge in [-0.1, -0.05) is 19.3 Å². The summed E-state index contributed by atoms with van der Waals surface area (Å²) < 4.78 is 31.6. The average Bonchev–Trinajstić information content (AvgIpc) is 2.38. The van der Waals surface area contributed by atoms with Crippen molar-refractivity contribution in [2.24, 2.45) is 5.92 Å². The van der Waals surface area contributed by atoms with Crippen LogP contribution in [0, 0.1) is 17.6 Å². The summed E-state index contributed by atoms with van der Waals surface area (Å²) in [4.78, 5) is 12.3. The van der Waals surface area contributed by atoms with Crippen LogP contribution < -0.4 is 4.74 Å². The zero-order valence-corrected chi connectivity index (χ0v) is 10.3. The lowest BCUT2D eigenvalue weighted by Gasteiger charge is -2.21. The Kier molecular flexibility index (Phi) is 3.94. The van der Waals surface area contributed by atoms with Gasteiger partial charge in [0, 0.05) is 12.0 Å². The third-order valence-electron chi connectivity index (χ3n) is 3.45. The Morgan fingerprint density at radius 1 is 1.22 bits per heavy atom. The number of hydrogen-bond donors (Lipinski definition) is 0. The fraction of sp³-hybridized carbons (Fsp3) is 0.500. The second-order valence-electron chi connectivity index (χ2n) is 4.67. The second kappa shape index (κ2) is 5.46. The SMILES string of the molecule is COc1c(F)cc(F)cc1C(=O)C1CCCCC1. The summed E-state index contributed by atoms with van der Waals surface area (Å²) in [5.74, 6) is -2.05. The molecule has 1 aliphatic rings. The largest absolute Gasteiger partial charge is 0.493 e. The molecule has 1 aliphatic carbocycles. The number of ether oxygens (including phenoxy) is 1. The van der Waals surface area contributed by atoms with E-state index < -0.39 is 11.6 Å². The standard InChI is InChI=1S/C14H16F2O2/c1-18-14-11(7-10(15)8-12(14)16)13(17)9-5-3-2-4-6-9/h7-9H,2-6H2,1H3. The van der Waals surface area contributed by atoms with Gasteiger partial charge in [-0.15, -0.1) is 0 Å². The third-order valence-corrected chi connectivity index (χ3v) is 3.45. The number of ketones is 1. The van der Waals surface area contributed by atoms with E-state index in [0.717, 1.165) is 44.2 Å². The number of carbonyl (C=O) groups is 1. The van der Waals surface area contributed by atoms with Crippen LogP contribution in [0.25, 0.3) is 0 Å². The van der Waals surface area contributed by atoms with Crippen LogP contribution in [-0.2, 0) is 0 Å². The van der Waals surface area contributed by atoms with Gasteiger partial charge < -0.3 is 4.74 Å². The average molecular weight is 254 g/mol. The van der Waals surface area contributed by atoms with Crippen molar-refractivity contribution in [1.29, 1.82) is 0 Å². The molecule has 0 aromatic heterocycles. The van der Waals surface area contributed by atoms with Crippen LogP contribution >= 0.6 is 0 Å². The van der Waals surface area contributed by atoms with Gasteiger partial charge in [-0.05, 0) is 18.9 Å². The molecule has 4 heteroatoms. The van der Waals surface area contributed by atoms with Gasteiger partial charge in [0.05, 0.1) is 12.7 Å². The molecule has 0 bridgehead atoms. The molecule has 0 atom stereocenters.